The van der Waals surface area contributed by atoms with Gasteiger partial charge in [-0.15, -0.1) is 0 Å². The van der Waals surface area contributed by atoms with Gasteiger partial charge in [0.15, 0.2) is 0 Å². The van der Waals surface area contributed by atoms with E-state index < -0.39 is 0 Å². The van der Waals surface area contributed by atoms with Crippen LogP contribution in [0.15, 0.2) is 42.7 Å². The fraction of sp³-hybridized carbons (Fsp3) is 0.385. The van der Waals surface area contributed by atoms with Gasteiger partial charge in [-0.25, -0.2) is 15.0 Å². The predicted octanol–water partition coefficient (Wildman–Crippen LogP) is 4.19. The smallest absolute Gasteiger partial charge is 0.255 e. The van der Waals surface area contributed by atoms with Gasteiger partial charge in [0.1, 0.15) is 17.5 Å². The van der Waals surface area contributed by atoms with Gasteiger partial charge >= 0.3 is 0 Å². The number of hydrogen-bond donors (Lipinski definition) is 4. The van der Waals surface area contributed by atoms with Gasteiger partial charge in [0.05, 0.1) is 11.3 Å². The molecule has 1 aliphatic heterocycles. The van der Waals surface area contributed by atoms with Crippen molar-refractivity contribution in [1.82, 2.24) is 25.6 Å². The molecule has 1 saturated carbocycles. The summed E-state index contributed by atoms with van der Waals surface area (Å²) in [6.07, 6.45) is 6.42. The lowest BCUT2D eigenvalue weighted by atomic mass is 9.96. The highest BCUT2D eigenvalue weighted by molar-refractivity contribution is 6.00. The lowest BCUT2D eigenvalue weighted by molar-refractivity contribution is 0.0951. The summed E-state index contributed by atoms with van der Waals surface area (Å²) in [5.74, 6) is 1.90. The van der Waals surface area contributed by atoms with E-state index >= 15 is 0 Å². The van der Waals surface area contributed by atoms with E-state index in [0.717, 1.165) is 43.9 Å². The molecular formula is C26H31N7O. The number of carbonyl (C=O) groups is 1. The Kier molecular flexibility index (Phi) is 5.91. The minimum Gasteiger partial charge on any atom is -0.349 e. The number of carbonyl (C=O) groups excluding carboxylic acids is 1. The number of hydrogen-bond acceptors (Lipinski definition) is 7. The highest BCUT2D eigenvalue weighted by Gasteiger charge is 2.25. The molecule has 1 fully saturated rings. The molecule has 0 radical (unpaired) electrons. The molecule has 8 nitrogen and oxygen atoms in total. The summed E-state index contributed by atoms with van der Waals surface area (Å²) in [6.45, 7) is 8.11. The summed E-state index contributed by atoms with van der Waals surface area (Å²) in [6, 6.07) is 10.3. The highest BCUT2D eigenvalue weighted by atomic mass is 16.1. The summed E-state index contributed by atoms with van der Waals surface area (Å²) in [7, 11) is 0. The maximum atomic E-state index is 12.9. The van der Waals surface area contributed by atoms with Crippen molar-refractivity contribution in [2.45, 2.75) is 58.0 Å². The zero-order valence-electron chi connectivity index (χ0n) is 19.9. The van der Waals surface area contributed by atoms with Crippen LogP contribution in [-0.4, -0.2) is 33.4 Å². The second kappa shape index (κ2) is 9.02. The monoisotopic (exact) mass is 457 g/mol. The van der Waals surface area contributed by atoms with Crippen molar-refractivity contribution in [2.24, 2.45) is 0 Å². The van der Waals surface area contributed by atoms with Crippen molar-refractivity contribution in [2.75, 3.05) is 17.2 Å². The second-order valence-electron chi connectivity index (χ2n) is 10.0. The molecule has 176 valence electrons. The fourth-order valence-electron chi connectivity index (χ4n) is 3.93. The number of nitrogens with zero attached hydrogens (tertiary/aromatic N) is 3. The minimum absolute atomic E-state index is 0.129. The molecule has 1 aliphatic carbocycles. The van der Waals surface area contributed by atoms with Gasteiger partial charge in [-0.2, -0.15) is 0 Å². The number of fused-ring (bicyclic) bond motifs is 1. The molecule has 2 aromatic heterocycles. The van der Waals surface area contributed by atoms with Crippen molar-refractivity contribution in [3.63, 3.8) is 0 Å². The van der Waals surface area contributed by atoms with Crippen LogP contribution in [0.4, 0.5) is 23.0 Å². The Balaban J connectivity index is 1.44. The lowest BCUT2D eigenvalue weighted by Crippen LogP contribution is -2.26. The lowest BCUT2D eigenvalue weighted by Gasteiger charge is -2.19. The van der Waals surface area contributed by atoms with E-state index in [9.17, 15) is 4.79 Å². The van der Waals surface area contributed by atoms with Crippen LogP contribution in [0, 0.1) is 0 Å². The van der Waals surface area contributed by atoms with Gasteiger partial charge in [-0.3, -0.25) is 4.79 Å². The van der Waals surface area contributed by atoms with E-state index in [1.165, 1.54) is 11.1 Å². The number of pyridine rings is 1. The van der Waals surface area contributed by atoms with Gasteiger partial charge in [0.25, 0.3) is 5.91 Å². The van der Waals surface area contributed by atoms with E-state index in [0.29, 0.717) is 22.9 Å². The van der Waals surface area contributed by atoms with Crippen LogP contribution in [0.5, 0.6) is 0 Å². The Labute approximate surface area is 200 Å². The Morgan fingerprint density at radius 1 is 1.03 bits per heavy atom. The Hall–Kier alpha value is -3.52. The van der Waals surface area contributed by atoms with Crippen LogP contribution in [0.3, 0.4) is 0 Å². The first-order valence-electron chi connectivity index (χ1n) is 11.9. The minimum atomic E-state index is -0.184. The van der Waals surface area contributed by atoms with E-state index in [-0.39, 0.29) is 17.4 Å². The first-order chi connectivity index (χ1) is 16.3. The van der Waals surface area contributed by atoms with Gasteiger partial charge in [0.2, 0.25) is 0 Å². The third-order valence-electron chi connectivity index (χ3n) is 6.02. The van der Waals surface area contributed by atoms with Crippen LogP contribution in [-0.2, 0) is 18.4 Å². The van der Waals surface area contributed by atoms with Crippen LogP contribution in [0.2, 0.25) is 0 Å². The van der Waals surface area contributed by atoms with Crippen molar-refractivity contribution in [3.8, 4) is 0 Å². The number of aromatic nitrogens is 3. The third kappa shape index (κ3) is 5.17. The average molecular weight is 458 g/mol. The SMILES string of the molecule is CC(C)(C)c1nccc(Nc2cc(Nc3ccc4c(c3)CCNC4)ncc2C(=O)NC2CC2)n1. The quantitative estimate of drug-likeness (QED) is 0.440. The van der Waals surface area contributed by atoms with Crippen LogP contribution < -0.4 is 21.3 Å². The molecule has 2 aliphatic rings. The predicted molar refractivity (Wildman–Crippen MR) is 134 cm³/mol. The van der Waals surface area contributed by atoms with Gasteiger partial charge < -0.3 is 21.3 Å². The van der Waals surface area contributed by atoms with E-state index in [1.54, 1.807) is 12.4 Å². The topological polar surface area (TPSA) is 104 Å². The fourth-order valence-corrected chi connectivity index (χ4v) is 3.93. The van der Waals surface area contributed by atoms with Crippen molar-refractivity contribution >= 4 is 28.9 Å². The van der Waals surface area contributed by atoms with Gasteiger partial charge in [-0.05, 0) is 55.1 Å². The largest absolute Gasteiger partial charge is 0.349 e. The van der Waals surface area contributed by atoms with Crippen LogP contribution in [0.1, 0.15) is 60.9 Å². The summed E-state index contributed by atoms with van der Waals surface area (Å²) in [4.78, 5) is 26.5. The molecule has 0 unspecified atom stereocenters. The molecule has 1 aromatic carbocycles. The summed E-state index contributed by atoms with van der Waals surface area (Å²) < 4.78 is 0. The maximum absolute atomic E-state index is 12.9. The summed E-state index contributed by atoms with van der Waals surface area (Å²) in [5.41, 5.74) is 4.61. The molecular weight excluding hydrogens is 426 g/mol. The average Bonchev–Trinajstić information content (AvgIpc) is 3.63. The van der Waals surface area contributed by atoms with Gasteiger partial charge in [0, 0.05) is 42.1 Å². The Morgan fingerprint density at radius 2 is 1.88 bits per heavy atom. The third-order valence-corrected chi connectivity index (χ3v) is 6.02. The Bertz CT molecular complexity index is 1210. The maximum Gasteiger partial charge on any atom is 0.255 e. The molecule has 3 aromatic rings. The van der Waals surface area contributed by atoms with Crippen molar-refractivity contribution < 1.29 is 4.79 Å². The molecule has 4 N–H and O–H groups in total. The number of benzene rings is 1. The molecule has 34 heavy (non-hydrogen) atoms. The van der Waals surface area contributed by atoms with Crippen LogP contribution >= 0.6 is 0 Å². The zero-order valence-corrected chi connectivity index (χ0v) is 19.9. The van der Waals surface area contributed by atoms with Crippen molar-refractivity contribution in [1.29, 1.82) is 0 Å². The molecule has 1 amide bonds. The zero-order chi connectivity index (χ0) is 23.7. The summed E-state index contributed by atoms with van der Waals surface area (Å²) in [5, 5.41) is 13.2. The standard InChI is InChI=1S/C26H31N7O/c1-26(2,3)25-28-11-9-22(33-25)32-21-13-23(29-15-20(21)24(34)31-18-6-7-18)30-19-5-4-17-14-27-10-8-16(17)12-19/h4-5,9,11-13,15,18,27H,6-8,10,14H2,1-3H3,(H,31,34)(H2,28,29,30,32,33). The number of rotatable bonds is 6. The number of amides is 1. The molecule has 3 heterocycles. The second-order valence-corrected chi connectivity index (χ2v) is 10.0. The summed E-state index contributed by atoms with van der Waals surface area (Å²) >= 11 is 0. The molecule has 0 spiro atoms. The molecule has 5 rings (SSSR count). The number of anilines is 4. The normalized spacial score (nSPS) is 15.4. The van der Waals surface area contributed by atoms with E-state index in [1.807, 2.05) is 12.1 Å². The number of nitrogens with one attached hydrogen (secondary N) is 4. The molecule has 0 saturated heterocycles. The molecule has 8 heteroatoms. The molecule has 0 bridgehead atoms. The van der Waals surface area contributed by atoms with Gasteiger partial charge in [-0.1, -0.05) is 26.8 Å². The molecule has 0 atom stereocenters. The van der Waals surface area contributed by atoms with E-state index in [4.69, 9.17) is 0 Å². The van der Waals surface area contributed by atoms with E-state index in [2.05, 4.69) is 75.2 Å². The first-order valence-corrected chi connectivity index (χ1v) is 11.9. The Morgan fingerprint density at radius 3 is 2.68 bits per heavy atom. The first kappa shape index (κ1) is 22.3. The highest BCUT2D eigenvalue weighted by Crippen LogP contribution is 2.28. The van der Waals surface area contributed by atoms with Crippen molar-refractivity contribution in [3.05, 3.63) is 65.2 Å². The van der Waals surface area contributed by atoms with Crippen LogP contribution in [0.25, 0.3) is 0 Å².